The van der Waals surface area contributed by atoms with Crippen molar-refractivity contribution in [3.8, 4) is 34.0 Å². The summed E-state index contributed by atoms with van der Waals surface area (Å²) in [6, 6.07) is 61.7. The Labute approximate surface area is 770 Å². The van der Waals surface area contributed by atoms with Gasteiger partial charge in [0.15, 0.2) is 5.78 Å². The molecule has 24 nitrogen and oxygen atoms in total. The Hall–Kier alpha value is -12.1. The summed E-state index contributed by atoms with van der Waals surface area (Å²) >= 11 is -2.25. The molecule has 0 radical (unpaired) electrons. The highest BCUT2D eigenvalue weighted by molar-refractivity contribution is 7.52. The minimum Gasteiger partial charge on any atom is -0.455 e. The Morgan fingerprint density at radius 1 is 0.477 bits per heavy atom. The molecule has 3 aliphatic carbocycles. The highest BCUT2D eigenvalue weighted by atomic mass is 32.1. The first-order valence-electron chi connectivity index (χ1n) is 43.6. The van der Waals surface area contributed by atoms with E-state index in [1.807, 2.05) is 160 Å². The highest BCUT2D eigenvalue weighted by Crippen LogP contribution is 2.53. The lowest BCUT2D eigenvalue weighted by Gasteiger charge is -2.32. The summed E-state index contributed by atoms with van der Waals surface area (Å²) in [7, 11) is 9.88. The maximum absolute atomic E-state index is 13.2. The van der Waals surface area contributed by atoms with Gasteiger partial charge in [0.2, 0.25) is 0 Å². The molecule has 5 aliphatic rings. The summed E-state index contributed by atoms with van der Waals surface area (Å²) < 4.78 is 87.3. The normalized spacial score (nSPS) is 15.8. The predicted octanol–water partition coefficient (Wildman–Crippen LogP) is 20.5. The second kappa shape index (κ2) is 43.6. The third kappa shape index (κ3) is 22.8. The number of amides is 3. The minimum absolute atomic E-state index is 0.00539. The van der Waals surface area contributed by atoms with Gasteiger partial charge in [-0.25, -0.2) is 0 Å². The topological polar surface area (TPSA) is 321 Å². The Balaban J connectivity index is 0.000000179. The average Bonchev–Trinajstić information content (AvgIpc) is 1.60. The number of hydrogen-bond acceptors (Lipinski definition) is 21. The van der Waals surface area contributed by atoms with Crippen LogP contribution in [0.1, 0.15) is 224 Å². The minimum atomic E-state index is -0.756. The smallest absolute Gasteiger partial charge is 0.455 e. The number of hydrogen-bond donors (Lipinski definition) is 4. The monoisotopic (exact) mass is 1810 g/mol. The number of rotatable bonds is 22. The van der Waals surface area contributed by atoms with E-state index in [4.69, 9.17) is 52.5 Å². The number of Topliss-reactive ketones (excluding diaryl/α,β-unsaturated/α-hetero) is 1. The van der Waals surface area contributed by atoms with Crippen molar-refractivity contribution < 1.29 is 81.5 Å². The Morgan fingerprint density at radius 3 is 1.06 bits per heavy atom. The van der Waals surface area contributed by atoms with Crippen LogP contribution < -0.4 is 30.7 Å². The second-order valence-electron chi connectivity index (χ2n) is 34.2. The van der Waals surface area contributed by atoms with Gasteiger partial charge in [0.25, 0.3) is 17.7 Å². The zero-order chi connectivity index (χ0) is 94.3. The summed E-state index contributed by atoms with van der Waals surface area (Å²) in [5.74, 6) is 2.58. The van der Waals surface area contributed by atoms with Gasteiger partial charge in [0, 0.05) is 152 Å². The van der Waals surface area contributed by atoms with Gasteiger partial charge in [-0.15, -0.1) is 0 Å². The van der Waals surface area contributed by atoms with E-state index in [9.17, 15) is 29.0 Å². The van der Waals surface area contributed by atoms with Crippen molar-refractivity contribution >= 4 is 151 Å². The fourth-order valence-corrected chi connectivity index (χ4v) is 16.5. The molecule has 3 atom stereocenters. The second-order valence-corrected chi connectivity index (χ2v) is 34.6. The van der Waals surface area contributed by atoms with Gasteiger partial charge in [0.05, 0.1) is 27.9 Å². The van der Waals surface area contributed by atoms with E-state index in [2.05, 4.69) is 149 Å². The Bertz CT molecular complexity index is 6180. The molecule has 5 heterocycles. The first-order chi connectivity index (χ1) is 62.2. The van der Waals surface area contributed by atoms with Gasteiger partial charge < -0.3 is 67.7 Å². The standard InChI is InChI=1S/C37H43BN2O5.C31H33BN2O4.C31H30N2O3.C2H6.3O2S/c1-22-9-11-26(12-10-22)34-33(35(42)39-7)29-20-28(24-13-14-24)31(21-32(29)43-34)40(8)27-17-15-25(16-18-27)30(19-23(2)41)38-44-36(3,4)37(5,6)45-38;1-18-5-7-22(8-6-18)30-29(31(35)33-3)25-16-24(20-9-10-20)27(17-28(25)37-30)34(4)23-13-11-21(12-14-23)26-15-19(2)38-32(26)36;1-19-5-11-23(12-6-19)30-29(31(35)32-3)26-17-25(22-13-14-22)27(18-28(26)36-30)33(4)24-15-9-21(10-16-24)8-7-20(2)34;1-2;3*1-3-2/h9-12,15-18,20-21,24,30H,13-14,19H2,1-8H3,(H,39,42);5-8,11-14,16-17,19-20,26,36H,9-10,15H2,1-4H3,(H,33,35);5-12,15-18,22H,13-14H2,1-4H3,(H,32,35);1-2H3;;;/b;;8-7+;;;;. The molecular weight excluding hydrogens is 1700 g/mol. The van der Waals surface area contributed by atoms with Gasteiger partial charge in [-0.1, -0.05) is 146 Å². The molecule has 0 bridgehead atoms. The number of nitrogens with zero attached hydrogens (tertiary/aromatic N) is 3. The number of carbonyl (C=O) groups is 5. The maximum Gasteiger partial charge on any atom is 0.466 e. The number of carbonyl (C=O) groups excluding carboxylic acids is 5. The molecule has 2 saturated heterocycles. The molecular formula is C101H112B2N6O18S3. The molecule has 9 aromatic carbocycles. The maximum atomic E-state index is 13.2. The third-order valence-corrected chi connectivity index (χ3v) is 24.6. The Morgan fingerprint density at radius 2 is 0.785 bits per heavy atom. The number of allylic oxidation sites excluding steroid dienone is 1. The van der Waals surface area contributed by atoms with Gasteiger partial charge in [-0.05, 0) is 226 Å². The molecule has 3 saturated carbocycles. The average molecular weight is 1820 g/mol. The molecule has 17 rings (SSSR count). The van der Waals surface area contributed by atoms with Crippen LogP contribution in [0.4, 0.5) is 34.1 Å². The summed E-state index contributed by atoms with van der Waals surface area (Å²) in [4.78, 5) is 69.4. The van der Waals surface area contributed by atoms with Crippen LogP contribution >= 0.6 is 0 Å². The fourth-order valence-electron chi connectivity index (χ4n) is 16.5. The third-order valence-electron chi connectivity index (χ3n) is 24.6. The van der Waals surface area contributed by atoms with E-state index in [1.54, 1.807) is 41.1 Å². The molecule has 29 heteroatoms. The zero-order valence-electron chi connectivity index (χ0n) is 76.7. The van der Waals surface area contributed by atoms with E-state index in [0.717, 1.165) is 145 Å². The van der Waals surface area contributed by atoms with Crippen LogP contribution in [-0.4, -0.2) is 133 Å². The van der Waals surface area contributed by atoms with Crippen molar-refractivity contribution in [2.75, 3.05) is 57.0 Å². The molecule has 130 heavy (non-hydrogen) atoms. The largest absolute Gasteiger partial charge is 0.466 e. The summed E-state index contributed by atoms with van der Waals surface area (Å²) in [6.45, 7) is 23.4. The van der Waals surface area contributed by atoms with Crippen molar-refractivity contribution in [3.05, 3.63) is 255 Å². The molecule has 5 fully saturated rings. The number of nitrogens with one attached hydrogen (secondary N) is 3. The molecule has 3 amide bonds. The van der Waals surface area contributed by atoms with E-state index in [0.29, 0.717) is 74.9 Å². The summed E-state index contributed by atoms with van der Waals surface area (Å²) in [6.07, 6.45) is 11.4. The highest BCUT2D eigenvalue weighted by Gasteiger charge is 2.54. The fraction of sp³-hybridized carbons (Fsp3) is 0.337. The van der Waals surface area contributed by atoms with Gasteiger partial charge >= 0.3 is 48.9 Å². The van der Waals surface area contributed by atoms with Crippen LogP contribution in [-0.2, 0) is 58.3 Å². The molecule has 4 N–H and O–H groups in total. The van der Waals surface area contributed by atoms with Crippen LogP contribution in [0, 0.1) is 20.8 Å². The number of anilines is 6. The molecule has 678 valence electrons. The van der Waals surface area contributed by atoms with E-state index >= 15 is 0 Å². The Kier molecular flexibility index (Phi) is 33.0. The van der Waals surface area contributed by atoms with Crippen LogP contribution in [0.2, 0.25) is 0 Å². The first kappa shape index (κ1) is 98.5. The van der Waals surface area contributed by atoms with Crippen LogP contribution in [0.3, 0.4) is 0 Å². The van der Waals surface area contributed by atoms with Crippen LogP contribution in [0.15, 0.2) is 201 Å². The molecule has 3 unspecified atom stereocenters. The summed E-state index contributed by atoms with van der Waals surface area (Å²) in [5.41, 5.74) is 22.0. The lowest BCUT2D eigenvalue weighted by atomic mass is 9.65. The van der Waals surface area contributed by atoms with Crippen molar-refractivity contribution in [2.45, 2.75) is 181 Å². The number of aryl methyl sites for hydroxylation is 3. The zero-order valence-corrected chi connectivity index (χ0v) is 79.2. The number of ketones is 2. The summed E-state index contributed by atoms with van der Waals surface area (Å²) in [5, 5.41) is 21.2. The first-order valence-corrected chi connectivity index (χ1v) is 45.6. The van der Waals surface area contributed by atoms with Gasteiger partial charge in [-0.3, -0.25) is 19.2 Å². The van der Waals surface area contributed by atoms with Crippen LogP contribution in [0.25, 0.3) is 73.0 Å². The van der Waals surface area contributed by atoms with Crippen molar-refractivity contribution in [2.24, 2.45) is 0 Å². The van der Waals surface area contributed by atoms with Gasteiger partial charge in [0.1, 0.15) is 39.8 Å². The van der Waals surface area contributed by atoms with Gasteiger partial charge in [-0.2, -0.15) is 25.3 Å². The van der Waals surface area contributed by atoms with Crippen molar-refractivity contribution in [3.63, 3.8) is 0 Å². The van der Waals surface area contributed by atoms with E-state index in [1.165, 1.54) is 16.7 Å². The predicted molar refractivity (Wildman–Crippen MR) is 517 cm³/mol. The molecule has 12 aromatic rings. The number of benzene rings is 9. The van der Waals surface area contributed by atoms with E-state index < -0.39 is 60.2 Å². The lowest BCUT2D eigenvalue weighted by Crippen LogP contribution is -2.41. The van der Waals surface area contributed by atoms with E-state index in [-0.39, 0.29) is 47.0 Å². The molecule has 2 aliphatic heterocycles. The number of furan rings is 3. The van der Waals surface area contributed by atoms with Crippen LogP contribution in [0.5, 0.6) is 0 Å². The van der Waals surface area contributed by atoms with Crippen molar-refractivity contribution in [1.29, 1.82) is 0 Å². The molecule has 3 aromatic heterocycles. The lowest BCUT2D eigenvalue weighted by molar-refractivity contribution is -0.117. The quantitative estimate of drug-likeness (QED) is 0.0362. The van der Waals surface area contributed by atoms with Crippen molar-refractivity contribution in [1.82, 2.24) is 16.0 Å². The SMILES string of the molecule is CC.CNC(=O)c1c(-c2ccc(C)cc2)oc2cc(N(C)c3ccc(/C=C/C(C)=O)cc3)c(C3CC3)cc12.CNC(=O)c1c(-c2ccc(C)cc2)oc2cc(N(C)c3ccc(C(CC(C)=O)B4OC(C)(C)C(C)(C)O4)cc3)c(C3CC3)cc12.CNC(=O)c1c(-c2ccc(C)cc2)oc2cc(N(C)c3ccc(C4CC(C)OB4O)cc3)c(C3CC3)cc12.O=S=O.O=S=O.O=S=O. The number of fused-ring (bicyclic) bond motifs is 3. The molecule has 0 spiro atoms.